The Morgan fingerprint density at radius 3 is 2.69 bits per heavy atom. The van der Waals surface area contributed by atoms with Gasteiger partial charge in [-0.1, -0.05) is 11.6 Å². The van der Waals surface area contributed by atoms with Crippen LogP contribution in [0.3, 0.4) is 0 Å². The zero-order valence-corrected chi connectivity index (χ0v) is 8.28. The van der Waals surface area contributed by atoms with Crippen molar-refractivity contribution >= 4 is 24.0 Å². The highest BCUT2D eigenvalue weighted by Gasteiger charge is 2.10. The third-order valence-electron chi connectivity index (χ3n) is 1.56. The van der Waals surface area contributed by atoms with Gasteiger partial charge in [-0.2, -0.15) is 0 Å². The second kappa shape index (κ2) is 5.27. The monoisotopic (exact) mass is 225 g/mol. The van der Waals surface area contributed by atoms with Gasteiger partial charge >= 0.3 is 0 Å². The molecule has 0 aliphatic rings. The summed E-state index contributed by atoms with van der Waals surface area (Å²) in [7, 11) is 0. The second-order valence-electron chi connectivity index (χ2n) is 2.46. The topological polar surface area (TPSA) is 46.2 Å². The predicted octanol–water partition coefficient (Wildman–Crippen LogP) is 2.44. The van der Waals surface area contributed by atoms with Crippen LogP contribution >= 0.6 is 24.0 Å². The van der Waals surface area contributed by atoms with Crippen LogP contribution in [0.25, 0.3) is 0 Å². The zero-order chi connectivity index (χ0) is 9.14. The fraction of sp³-hybridized carbons (Fsp3) is 0.250. The van der Waals surface area contributed by atoms with Gasteiger partial charge in [0.2, 0.25) is 0 Å². The SMILES string of the molecule is Cl.N[C@@H](CF)c1cc(Cl)ccc1O. The summed E-state index contributed by atoms with van der Waals surface area (Å²) in [4.78, 5) is 0. The molecule has 0 heterocycles. The van der Waals surface area contributed by atoms with E-state index in [9.17, 15) is 9.50 Å². The molecule has 1 aromatic rings. The molecule has 0 spiro atoms. The lowest BCUT2D eigenvalue weighted by molar-refractivity contribution is 0.414. The summed E-state index contributed by atoms with van der Waals surface area (Å²) in [5.74, 6) is -0.0236. The Bertz CT molecular complexity index is 283. The molecule has 1 aromatic carbocycles. The molecule has 5 heteroatoms. The highest BCUT2D eigenvalue weighted by Crippen LogP contribution is 2.26. The zero-order valence-electron chi connectivity index (χ0n) is 6.71. The van der Waals surface area contributed by atoms with Crippen LogP contribution in [-0.4, -0.2) is 11.8 Å². The molecule has 0 fully saturated rings. The van der Waals surface area contributed by atoms with E-state index in [0.717, 1.165) is 0 Å². The van der Waals surface area contributed by atoms with E-state index in [0.29, 0.717) is 10.6 Å². The van der Waals surface area contributed by atoms with Gasteiger partial charge in [0.1, 0.15) is 12.4 Å². The molecule has 1 rings (SSSR count). The Balaban J connectivity index is 0.00000144. The maximum absolute atomic E-state index is 12.1. The Hall–Kier alpha value is -0.510. The molecule has 0 saturated heterocycles. The van der Waals surface area contributed by atoms with Gasteiger partial charge in [-0.05, 0) is 18.2 Å². The first kappa shape index (κ1) is 12.5. The summed E-state index contributed by atoms with van der Waals surface area (Å²) in [6.07, 6.45) is 0. The van der Waals surface area contributed by atoms with Crippen LogP contribution in [-0.2, 0) is 0 Å². The molecule has 0 aliphatic carbocycles. The molecular formula is C8H10Cl2FNO. The van der Waals surface area contributed by atoms with Crippen molar-refractivity contribution in [2.45, 2.75) is 6.04 Å². The fourth-order valence-corrected chi connectivity index (χ4v) is 1.09. The first-order valence-electron chi connectivity index (χ1n) is 3.45. The van der Waals surface area contributed by atoms with Gasteiger partial charge in [-0.3, -0.25) is 0 Å². The molecule has 0 bridgehead atoms. The van der Waals surface area contributed by atoms with Crippen LogP contribution in [0.5, 0.6) is 5.75 Å². The second-order valence-corrected chi connectivity index (χ2v) is 2.90. The maximum atomic E-state index is 12.1. The summed E-state index contributed by atoms with van der Waals surface area (Å²) >= 11 is 5.63. The number of phenols is 1. The van der Waals surface area contributed by atoms with Crippen LogP contribution < -0.4 is 5.73 Å². The number of hydrogen-bond acceptors (Lipinski definition) is 2. The van der Waals surface area contributed by atoms with Crippen molar-refractivity contribution in [3.63, 3.8) is 0 Å². The average molecular weight is 226 g/mol. The lowest BCUT2D eigenvalue weighted by Gasteiger charge is -2.09. The molecule has 0 unspecified atom stereocenters. The number of halogens is 3. The lowest BCUT2D eigenvalue weighted by Crippen LogP contribution is -2.12. The van der Waals surface area contributed by atoms with Crippen LogP contribution in [0.1, 0.15) is 11.6 Å². The van der Waals surface area contributed by atoms with E-state index in [-0.39, 0.29) is 18.2 Å². The molecule has 2 nitrogen and oxygen atoms in total. The maximum Gasteiger partial charge on any atom is 0.120 e. The number of rotatable bonds is 2. The molecule has 0 aromatic heterocycles. The number of nitrogens with two attached hydrogens (primary N) is 1. The molecule has 0 amide bonds. The van der Waals surface area contributed by atoms with Gasteiger partial charge in [0.25, 0.3) is 0 Å². The molecule has 0 saturated carbocycles. The molecule has 74 valence electrons. The molecule has 1 atom stereocenters. The Morgan fingerprint density at radius 2 is 2.15 bits per heavy atom. The van der Waals surface area contributed by atoms with Crippen LogP contribution in [0.4, 0.5) is 4.39 Å². The number of benzene rings is 1. The minimum atomic E-state index is -0.802. The number of aromatic hydroxyl groups is 1. The smallest absolute Gasteiger partial charge is 0.120 e. The third kappa shape index (κ3) is 3.03. The van der Waals surface area contributed by atoms with Crippen molar-refractivity contribution in [2.75, 3.05) is 6.67 Å². The molecule has 3 N–H and O–H groups in total. The quantitative estimate of drug-likeness (QED) is 0.813. The summed E-state index contributed by atoms with van der Waals surface area (Å²) < 4.78 is 12.1. The highest BCUT2D eigenvalue weighted by atomic mass is 35.5. The molecular weight excluding hydrogens is 216 g/mol. The fourth-order valence-electron chi connectivity index (χ4n) is 0.905. The van der Waals surface area contributed by atoms with Crippen molar-refractivity contribution in [1.29, 1.82) is 0 Å². The minimum absolute atomic E-state index is 0. The summed E-state index contributed by atoms with van der Waals surface area (Å²) in [5.41, 5.74) is 5.71. The summed E-state index contributed by atoms with van der Waals surface area (Å²) in [6.45, 7) is -0.714. The van der Waals surface area contributed by atoms with E-state index in [2.05, 4.69) is 0 Å². The van der Waals surface area contributed by atoms with Gasteiger partial charge in [0.15, 0.2) is 0 Å². The van der Waals surface area contributed by atoms with Crippen molar-refractivity contribution in [1.82, 2.24) is 0 Å². The Kier molecular flexibility index (Phi) is 5.06. The summed E-state index contributed by atoms with van der Waals surface area (Å²) in [5, 5.41) is 9.67. The molecule has 13 heavy (non-hydrogen) atoms. The minimum Gasteiger partial charge on any atom is -0.508 e. The van der Waals surface area contributed by atoms with E-state index in [1.54, 1.807) is 0 Å². The van der Waals surface area contributed by atoms with Gasteiger partial charge in [0, 0.05) is 10.6 Å². The first-order valence-corrected chi connectivity index (χ1v) is 3.83. The van der Waals surface area contributed by atoms with Gasteiger partial charge in [0.05, 0.1) is 6.04 Å². The van der Waals surface area contributed by atoms with E-state index >= 15 is 0 Å². The van der Waals surface area contributed by atoms with Crippen molar-refractivity contribution < 1.29 is 9.50 Å². The van der Waals surface area contributed by atoms with E-state index in [4.69, 9.17) is 17.3 Å². The molecule has 0 aliphatic heterocycles. The highest BCUT2D eigenvalue weighted by molar-refractivity contribution is 6.30. The number of alkyl halides is 1. The van der Waals surface area contributed by atoms with Crippen LogP contribution in [0, 0.1) is 0 Å². The lowest BCUT2D eigenvalue weighted by atomic mass is 10.1. The third-order valence-corrected chi connectivity index (χ3v) is 1.79. The normalized spacial score (nSPS) is 11.9. The van der Waals surface area contributed by atoms with Gasteiger partial charge in [-0.25, -0.2) is 4.39 Å². The average Bonchev–Trinajstić information content (AvgIpc) is 2.08. The van der Waals surface area contributed by atoms with Gasteiger partial charge in [-0.15, -0.1) is 12.4 Å². The van der Waals surface area contributed by atoms with Crippen LogP contribution in [0.2, 0.25) is 5.02 Å². The summed E-state index contributed by atoms with van der Waals surface area (Å²) in [6, 6.07) is 3.57. The molecule has 0 radical (unpaired) electrons. The van der Waals surface area contributed by atoms with Crippen molar-refractivity contribution in [3.8, 4) is 5.75 Å². The predicted molar refractivity (Wildman–Crippen MR) is 53.3 cm³/mol. The van der Waals surface area contributed by atoms with E-state index in [1.165, 1.54) is 18.2 Å². The standard InChI is InChI=1S/C8H9ClFNO.ClH/c9-5-1-2-8(12)6(3-5)7(11)4-10;/h1-3,7,12H,4,11H2;1H/t7-;/m0./s1. The Morgan fingerprint density at radius 1 is 1.54 bits per heavy atom. The number of hydrogen-bond donors (Lipinski definition) is 2. The van der Waals surface area contributed by atoms with E-state index < -0.39 is 12.7 Å². The van der Waals surface area contributed by atoms with Crippen LogP contribution in [0.15, 0.2) is 18.2 Å². The van der Waals surface area contributed by atoms with E-state index in [1.807, 2.05) is 0 Å². The van der Waals surface area contributed by atoms with Crippen molar-refractivity contribution in [3.05, 3.63) is 28.8 Å². The number of phenolic OH excluding ortho intramolecular Hbond substituents is 1. The largest absolute Gasteiger partial charge is 0.508 e. The van der Waals surface area contributed by atoms with Gasteiger partial charge < -0.3 is 10.8 Å². The van der Waals surface area contributed by atoms with Crippen molar-refractivity contribution in [2.24, 2.45) is 5.73 Å². The first-order chi connectivity index (χ1) is 5.65. The Labute approximate surface area is 86.9 Å².